The summed E-state index contributed by atoms with van der Waals surface area (Å²) in [5.41, 5.74) is 8.12. The van der Waals surface area contributed by atoms with Crippen LogP contribution in [0, 0.1) is 5.41 Å². The number of Topliss-reactive ketones (excluding diaryl/α,β-unsaturated/α-hetero) is 1. The molecule has 110 valence electrons. The van der Waals surface area contributed by atoms with Gasteiger partial charge in [0.1, 0.15) is 5.78 Å². The Hall–Kier alpha value is -1.22. The van der Waals surface area contributed by atoms with Gasteiger partial charge >= 0.3 is 0 Å². The van der Waals surface area contributed by atoms with Gasteiger partial charge in [0.05, 0.1) is 0 Å². The first kappa shape index (κ1) is 15.2. The second kappa shape index (κ2) is 6.98. The molecule has 0 radical (unpaired) electrons. The first-order chi connectivity index (χ1) is 9.67. The van der Waals surface area contributed by atoms with E-state index in [1.54, 1.807) is 0 Å². The van der Waals surface area contributed by atoms with E-state index in [9.17, 15) is 4.79 Å². The number of rotatable bonds is 6. The summed E-state index contributed by atoms with van der Waals surface area (Å²) >= 11 is 0. The number of ketones is 1. The van der Waals surface area contributed by atoms with Crippen LogP contribution >= 0.6 is 0 Å². The molecule has 20 heavy (non-hydrogen) atoms. The molecule has 0 atom stereocenters. The number of nitrogens with zero attached hydrogens (tertiary/aromatic N) is 1. The highest BCUT2D eigenvalue weighted by molar-refractivity contribution is 5.81. The van der Waals surface area contributed by atoms with Crippen molar-refractivity contribution in [2.24, 2.45) is 11.1 Å². The molecule has 3 nitrogen and oxygen atoms in total. The van der Waals surface area contributed by atoms with E-state index in [1.165, 1.54) is 24.8 Å². The molecule has 3 heteroatoms. The molecule has 2 rings (SSSR count). The van der Waals surface area contributed by atoms with Crippen LogP contribution in [0.15, 0.2) is 18.3 Å². The van der Waals surface area contributed by atoms with E-state index in [1.807, 2.05) is 12.3 Å². The minimum atomic E-state index is 0.0681. The number of aryl methyl sites for hydroxylation is 1. The van der Waals surface area contributed by atoms with E-state index in [0.717, 1.165) is 25.0 Å². The fourth-order valence-corrected chi connectivity index (χ4v) is 3.21. The van der Waals surface area contributed by atoms with Crippen LogP contribution in [0.2, 0.25) is 0 Å². The van der Waals surface area contributed by atoms with Gasteiger partial charge in [-0.25, -0.2) is 0 Å². The largest absolute Gasteiger partial charge is 0.330 e. The lowest BCUT2D eigenvalue weighted by atomic mass is 9.70. The minimum absolute atomic E-state index is 0.0681. The third-order valence-corrected chi connectivity index (χ3v) is 4.59. The number of hydrogen-bond donors (Lipinski definition) is 1. The van der Waals surface area contributed by atoms with Gasteiger partial charge in [0.2, 0.25) is 0 Å². The Bertz CT molecular complexity index is 433. The molecule has 1 heterocycles. The highest BCUT2D eigenvalue weighted by Crippen LogP contribution is 2.38. The van der Waals surface area contributed by atoms with Gasteiger partial charge in [-0.1, -0.05) is 32.3 Å². The Morgan fingerprint density at radius 2 is 2.05 bits per heavy atom. The molecule has 0 amide bonds. The van der Waals surface area contributed by atoms with Crippen molar-refractivity contribution in [2.45, 2.75) is 58.3 Å². The Labute approximate surface area is 122 Å². The maximum Gasteiger partial charge on any atom is 0.139 e. The van der Waals surface area contributed by atoms with Gasteiger partial charge < -0.3 is 5.73 Å². The van der Waals surface area contributed by atoms with E-state index in [0.29, 0.717) is 19.4 Å². The summed E-state index contributed by atoms with van der Waals surface area (Å²) in [5.74, 6) is 0.286. The molecule has 1 saturated carbocycles. The van der Waals surface area contributed by atoms with Crippen LogP contribution in [0.3, 0.4) is 0 Å². The minimum Gasteiger partial charge on any atom is -0.330 e. The van der Waals surface area contributed by atoms with Gasteiger partial charge in [-0.05, 0) is 42.9 Å². The second-order valence-electron chi connectivity index (χ2n) is 6.17. The number of hydrogen-bond acceptors (Lipinski definition) is 3. The van der Waals surface area contributed by atoms with Crippen molar-refractivity contribution in [1.82, 2.24) is 4.98 Å². The average molecular weight is 274 g/mol. The van der Waals surface area contributed by atoms with Gasteiger partial charge in [-0.3, -0.25) is 9.78 Å². The highest BCUT2D eigenvalue weighted by atomic mass is 16.1. The monoisotopic (exact) mass is 274 g/mol. The Kier molecular flexibility index (Phi) is 5.30. The zero-order valence-corrected chi connectivity index (χ0v) is 12.5. The van der Waals surface area contributed by atoms with Crippen LogP contribution in [-0.2, 0) is 17.6 Å². The number of aromatic nitrogens is 1. The van der Waals surface area contributed by atoms with Crippen molar-refractivity contribution in [1.29, 1.82) is 0 Å². The standard InChI is InChI=1S/C17H26N2O/c1-2-14-6-7-15(19-12-14)10-16(20)11-17(13-18)8-4-3-5-9-17/h6-7,12H,2-5,8-11,13,18H2,1H3. The van der Waals surface area contributed by atoms with Crippen LogP contribution in [-0.4, -0.2) is 17.3 Å². The molecule has 1 aliphatic carbocycles. The van der Waals surface area contributed by atoms with E-state index < -0.39 is 0 Å². The zero-order valence-electron chi connectivity index (χ0n) is 12.5. The Morgan fingerprint density at radius 3 is 2.60 bits per heavy atom. The first-order valence-electron chi connectivity index (χ1n) is 7.83. The van der Waals surface area contributed by atoms with Crippen LogP contribution in [0.4, 0.5) is 0 Å². The third kappa shape index (κ3) is 3.89. The molecule has 1 aliphatic rings. The summed E-state index contributed by atoms with van der Waals surface area (Å²) in [5, 5.41) is 0. The van der Waals surface area contributed by atoms with Gasteiger partial charge in [0.15, 0.2) is 0 Å². The smallest absolute Gasteiger partial charge is 0.139 e. The first-order valence-corrected chi connectivity index (χ1v) is 7.83. The lowest BCUT2D eigenvalue weighted by molar-refractivity contribution is -0.121. The van der Waals surface area contributed by atoms with Crippen molar-refractivity contribution >= 4 is 5.78 Å². The lowest BCUT2D eigenvalue weighted by Gasteiger charge is -2.35. The maximum absolute atomic E-state index is 12.3. The predicted molar refractivity (Wildman–Crippen MR) is 81.5 cm³/mol. The zero-order chi connectivity index (χ0) is 14.4. The van der Waals surface area contributed by atoms with E-state index >= 15 is 0 Å². The van der Waals surface area contributed by atoms with Gasteiger partial charge in [-0.2, -0.15) is 0 Å². The van der Waals surface area contributed by atoms with Crippen LogP contribution in [0.5, 0.6) is 0 Å². The summed E-state index contributed by atoms with van der Waals surface area (Å²) in [6.45, 7) is 2.75. The molecule has 0 bridgehead atoms. The van der Waals surface area contributed by atoms with Crippen molar-refractivity contribution in [2.75, 3.05) is 6.54 Å². The van der Waals surface area contributed by atoms with E-state index in [-0.39, 0.29) is 11.2 Å². The Morgan fingerprint density at radius 1 is 1.30 bits per heavy atom. The van der Waals surface area contributed by atoms with E-state index in [2.05, 4.69) is 18.0 Å². The summed E-state index contributed by atoms with van der Waals surface area (Å²) in [7, 11) is 0. The van der Waals surface area contributed by atoms with Crippen molar-refractivity contribution in [3.63, 3.8) is 0 Å². The normalized spacial score (nSPS) is 17.9. The molecule has 1 fully saturated rings. The SMILES string of the molecule is CCc1ccc(CC(=O)CC2(CN)CCCCC2)nc1. The molecule has 0 spiro atoms. The molecule has 1 aromatic heterocycles. The average Bonchev–Trinajstić information content (AvgIpc) is 2.49. The lowest BCUT2D eigenvalue weighted by Crippen LogP contribution is -2.35. The number of carbonyl (C=O) groups is 1. The molecule has 0 saturated heterocycles. The summed E-state index contributed by atoms with van der Waals surface area (Å²) < 4.78 is 0. The summed E-state index contributed by atoms with van der Waals surface area (Å²) in [4.78, 5) is 16.7. The van der Waals surface area contributed by atoms with Crippen molar-refractivity contribution in [3.8, 4) is 0 Å². The molecular weight excluding hydrogens is 248 g/mol. The molecule has 2 N–H and O–H groups in total. The molecule has 0 unspecified atom stereocenters. The number of nitrogens with two attached hydrogens (primary N) is 1. The summed E-state index contributed by atoms with van der Waals surface area (Å²) in [6.07, 6.45) is 9.87. The predicted octanol–water partition coefficient (Wildman–Crippen LogP) is 3.05. The molecular formula is C17H26N2O. The van der Waals surface area contributed by atoms with Gasteiger partial charge in [-0.15, -0.1) is 0 Å². The van der Waals surface area contributed by atoms with Crippen molar-refractivity contribution in [3.05, 3.63) is 29.6 Å². The van der Waals surface area contributed by atoms with Crippen LogP contribution < -0.4 is 5.73 Å². The molecule has 1 aromatic rings. The number of pyridine rings is 1. The number of carbonyl (C=O) groups excluding carboxylic acids is 1. The fourth-order valence-electron chi connectivity index (χ4n) is 3.21. The maximum atomic E-state index is 12.3. The van der Waals surface area contributed by atoms with Gasteiger partial charge in [0.25, 0.3) is 0 Å². The topological polar surface area (TPSA) is 56.0 Å². The third-order valence-electron chi connectivity index (χ3n) is 4.59. The Balaban J connectivity index is 1.93. The van der Waals surface area contributed by atoms with E-state index in [4.69, 9.17) is 5.73 Å². The van der Waals surface area contributed by atoms with Crippen molar-refractivity contribution < 1.29 is 4.79 Å². The summed E-state index contributed by atoms with van der Waals surface area (Å²) in [6, 6.07) is 4.04. The molecule has 0 aromatic carbocycles. The van der Waals surface area contributed by atoms with Crippen LogP contribution in [0.25, 0.3) is 0 Å². The quantitative estimate of drug-likeness (QED) is 0.867. The fraction of sp³-hybridized carbons (Fsp3) is 0.647. The van der Waals surface area contributed by atoms with Crippen LogP contribution in [0.1, 0.15) is 56.7 Å². The highest BCUT2D eigenvalue weighted by Gasteiger charge is 2.32. The molecule has 0 aliphatic heterocycles. The van der Waals surface area contributed by atoms with Gasteiger partial charge in [0, 0.05) is 24.7 Å². The second-order valence-corrected chi connectivity index (χ2v) is 6.17.